The van der Waals surface area contributed by atoms with Gasteiger partial charge < -0.3 is 4.98 Å². The number of hydrogen-bond donors (Lipinski definition) is 1. The molecule has 1 aromatic rings. The van der Waals surface area contributed by atoms with Gasteiger partial charge in [-0.15, -0.1) is 0 Å². The zero-order chi connectivity index (χ0) is 11.5. The van der Waals surface area contributed by atoms with Gasteiger partial charge in [-0.05, 0) is 38.3 Å². The molecule has 0 aliphatic carbocycles. The zero-order valence-corrected chi connectivity index (χ0v) is 10.6. The van der Waals surface area contributed by atoms with E-state index in [1.165, 1.54) is 25.0 Å². The van der Waals surface area contributed by atoms with Gasteiger partial charge in [0.1, 0.15) is 0 Å². The summed E-state index contributed by atoms with van der Waals surface area (Å²) in [6.07, 6.45) is 9.09. The van der Waals surface area contributed by atoms with Crippen molar-refractivity contribution in [1.82, 2.24) is 4.98 Å². The summed E-state index contributed by atoms with van der Waals surface area (Å²) in [7, 11) is 0. The molecule has 0 aromatic carbocycles. The fourth-order valence-corrected chi connectivity index (χ4v) is 1.55. The van der Waals surface area contributed by atoms with Gasteiger partial charge in [-0.3, -0.25) is 0 Å². The number of nitrogens with one attached hydrogen (secondary N) is 1. The molecule has 0 fully saturated rings. The summed E-state index contributed by atoms with van der Waals surface area (Å²) in [4.78, 5) is 3.23. The molecule has 0 aliphatic heterocycles. The van der Waals surface area contributed by atoms with Crippen molar-refractivity contribution < 1.29 is 1.43 Å². The van der Waals surface area contributed by atoms with E-state index in [0.29, 0.717) is 0 Å². The van der Waals surface area contributed by atoms with E-state index < -0.39 is 0 Å². The Hall–Kier alpha value is -0.980. The summed E-state index contributed by atoms with van der Waals surface area (Å²) < 4.78 is 0. The molecule has 1 aromatic heterocycles. The minimum Gasteiger partial charge on any atom is -0.365 e. The van der Waals surface area contributed by atoms with E-state index in [-0.39, 0.29) is 1.43 Å². The lowest BCUT2D eigenvalue weighted by Crippen LogP contribution is -1.89. The van der Waals surface area contributed by atoms with Gasteiger partial charge in [0.2, 0.25) is 0 Å². The molecule has 1 nitrogen and oxygen atoms in total. The van der Waals surface area contributed by atoms with Crippen LogP contribution in [0.2, 0.25) is 0 Å². The van der Waals surface area contributed by atoms with Crippen LogP contribution in [0.15, 0.2) is 30.0 Å². The number of aromatic amines is 1. The molecule has 0 amide bonds. The average Bonchev–Trinajstić information content (AvgIpc) is 2.80. The van der Waals surface area contributed by atoms with Crippen molar-refractivity contribution in [2.24, 2.45) is 0 Å². The number of rotatable bonds is 5. The Kier molecular flexibility index (Phi) is 8.95. The standard InChI is InChI=1S/C12H19N.C2H6.H2/c1-3-6-11(4-2)8-9-12-7-5-10-13-12;1-2;/h4-5,7,10,13H,3,6,8-9H2,1-2H3;1-2H3;1H/b11-4-;;. The molecule has 1 heterocycles. The summed E-state index contributed by atoms with van der Waals surface area (Å²) in [5.74, 6) is 0. The van der Waals surface area contributed by atoms with E-state index in [2.05, 4.69) is 37.0 Å². The molecule has 15 heavy (non-hydrogen) atoms. The molecule has 0 spiro atoms. The van der Waals surface area contributed by atoms with Crippen molar-refractivity contribution in [3.05, 3.63) is 35.7 Å². The molecule has 0 saturated heterocycles. The third-order valence-corrected chi connectivity index (χ3v) is 2.36. The average molecular weight is 209 g/mol. The van der Waals surface area contributed by atoms with Gasteiger partial charge in [0, 0.05) is 13.3 Å². The van der Waals surface area contributed by atoms with Gasteiger partial charge in [-0.2, -0.15) is 0 Å². The van der Waals surface area contributed by atoms with Crippen LogP contribution in [0.4, 0.5) is 0 Å². The molecular weight excluding hydrogens is 182 g/mol. The Morgan fingerprint density at radius 3 is 2.60 bits per heavy atom. The lowest BCUT2D eigenvalue weighted by molar-refractivity contribution is 0.806. The van der Waals surface area contributed by atoms with Crippen LogP contribution in [0, 0.1) is 0 Å². The molecule has 0 atom stereocenters. The number of aromatic nitrogens is 1. The van der Waals surface area contributed by atoms with E-state index in [4.69, 9.17) is 0 Å². The summed E-state index contributed by atoms with van der Waals surface area (Å²) >= 11 is 0. The Bertz CT molecular complexity index is 250. The first-order chi connectivity index (χ1) is 7.36. The highest BCUT2D eigenvalue weighted by molar-refractivity contribution is 5.08. The van der Waals surface area contributed by atoms with E-state index in [1.54, 1.807) is 5.57 Å². The highest BCUT2D eigenvalue weighted by Crippen LogP contribution is 2.12. The SMILES string of the molecule is C/C=C(/CCC)CCc1ccc[nH]1.CC.[HH]. The quantitative estimate of drug-likeness (QED) is 0.659. The van der Waals surface area contributed by atoms with Crippen LogP contribution >= 0.6 is 0 Å². The number of allylic oxidation sites excluding steroid dienone is 2. The molecule has 1 N–H and O–H groups in total. The van der Waals surface area contributed by atoms with Crippen LogP contribution in [0.1, 0.15) is 54.1 Å². The highest BCUT2D eigenvalue weighted by Gasteiger charge is 1.97. The Morgan fingerprint density at radius 2 is 2.13 bits per heavy atom. The van der Waals surface area contributed by atoms with Gasteiger partial charge in [-0.25, -0.2) is 0 Å². The lowest BCUT2D eigenvalue weighted by atomic mass is 10.0. The second-order valence-corrected chi connectivity index (χ2v) is 3.39. The van der Waals surface area contributed by atoms with Gasteiger partial charge in [-0.1, -0.05) is 38.8 Å². The zero-order valence-electron chi connectivity index (χ0n) is 10.6. The van der Waals surface area contributed by atoms with E-state index in [9.17, 15) is 0 Å². The molecule has 88 valence electrons. The van der Waals surface area contributed by atoms with Gasteiger partial charge >= 0.3 is 0 Å². The Labute approximate surface area is 96.1 Å². The van der Waals surface area contributed by atoms with Crippen molar-refractivity contribution in [2.75, 3.05) is 0 Å². The number of H-pyrrole nitrogens is 1. The summed E-state index contributed by atoms with van der Waals surface area (Å²) in [6.45, 7) is 8.37. The maximum absolute atomic E-state index is 3.23. The molecule has 1 heteroatoms. The first-order valence-corrected chi connectivity index (χ1v) is 6.13. The first kappa shape index (κ1) is 14.0. The third kappa shape index (κ3) is 6.16. The van der Waals surface area contributed by atoms with Crippen LogP contribution in [0.25, 0.3) is 0 Å². The van der Waals surface area contributed by atoms with E-state index in [1.807, 2.05) is 20.0 Å². The van der Waals surface area contributed by atoms with E-state index >= 15 is 0 Å². The number of aryl methyl sites for hydroxylation is 1. The minimum atomic E-state index is 0. The summed E-state index contributed by atoms with van der Waals surface area (Å²) in [5.41, 5.74) is 2.92. The second-order valence-electron chi connectivity index (χ2n) is 3.39. The van der Waals surface area contributed by atoms with Crippen molar-refractivity contribution in [1.29, 1.82) is 0 Å². The van der Waals surface area contributed by atoms with Crippen LogP contribution in [0.3, 0.4) is 0 Å². The minimum absolute atomic E-state index is 0. The second kappa shape index (κ2) is 9.57. The summed E-state index contributed by atoms with van der Waals surface area (Å²) in [5, 5.41) is 0. The molecular formula is C14H27N. The molecule has 0 unspecified atom stereocenters. The van der Waals surface area contributed by atoms with Crippen LogP contribution in [-0.2, 0) is 6.42 Å². The molecule has 0 bridgehead atoms. The largest absolute Gasteiger partial charge is 0.365 e. The van der Waals surface area contributed by atoms with Crippen LogP contribution in [0.5, 0.6) is 0 Å². The van der Waals surface area contributed by atoms with Gasteiger partial charge in [0.25, 0.3) is 0 Å². The normalized spacial score (nSPS) is 10.8. The summed E-state index contributed by atoms with van der Waals surface area (Å²) in [6, 6.07) is 4.21. The fraction of sp³-hybridized carbons (Fsp3) is 0.571. The topological polar surface area (TPSA) is 15.8 Å². The van der Waals surface area contributed by atoms with Gasteiger partial charge in [0.05, 0.1) is 0 Å². The molecule has 0 radical (unpaired) electrons. The van der Waals surface area contributed by atoms with Crippen molar-refractivity contribution in [3.63, 3.8) is 0 Å². The maximum Gasteiger partial charge on any atom is 0.0150 e. The lowest BCUT2D eigenvalue weighted by Gasteiger charge is -2.03. The van der Waals surface area contributed by atoms with Crippen molar-refractivity contribution in [3.8, 4) is 0 Å². The fourth-order valence-electron chi connectivity index (χ4n) is 1.55. The molecule has 0 saturated carbocycles. The first-order valence-electron chi connectivity index (χ1n) is 6.13. The molecule has 0 aliphatic rings. The van der Waals surface area contributed by atoms with Crippen molar-refractivity contribution in [2.45, 2.75) is 53.4 Å². The Morgan fingerprint density at radius 1 is 1.40 bits per heavy atom. The highest BCUT2D eigenvalue weighted by atomic mass is 14.7. The monoisotopic (exact) mass is 209 g/mol. The van der Waals surface area contributed by atoms with Gasteiger partial charge in [0.15, 0.2) is 0 Å². The smallest absolute Gasteiger partial charge is 0.0150 e. The van der Waals surface area contributed by atoms with Crippen LogP contribution < -0.4 is 0 Å². The van der Waals surface area contributed by atoms with E-state index in [0.717, 1.165) is 6.42 Å². The molecule has 1 rings (SSSR count). The maximum atomic E-state index is 3.23. The van der Waals surface area contributed by atoms with Crippen LogP contribution in [-0.4, -0.2) is 4.98 Å². The predicted molar refractivity (Wildman–Crippen MR) is 71.2 cm³/mol. The third-order valence-electron chi connectivity index (χ3n) is 2.36. The predicted octanol–water partition coefficient (Wildman–Crippen LogP) is 4.97. The Balaban J connectivity index is 0. The van der Waals surface area contributed by atoms with Crippen molar-refractivity contribution >= 4 is 0 Å². The number of hydrogen-bond acceptors (Lipinski definition) is 0.